The number of nitrogens with one attached hydrogen (secondary N) is 1. The molecular formula is C9H11ClN2O. The van der Waals surface area contributed by atoms with E-state index >= 15 is 0 Å². The average molecular weight is 202 g/mol. The first-order chi connectivity index (χ1) is 7.22. The zero-order chi connectivity index (χ0) is 12.5. The average Bonchev–Trinajstić information content (AvgIpc) is 2.11. The molecule has 0 spiro atoms. The Morgan fingerprint density at radius 1 is 1.69 bits per heavy atom. The normalized spacial score (nSPS) is 14.2. The summed E-state index contributed by atoms with van der Waals surface area (Å²) >= 11 is 5.80. The number of amides is 1. The summed E-state index contributed by atoms with van der Waals surface area (Å²) in [4.78, 5) is 11.6. The highest BCUT2D eigenvalue weighted by atomic mass is 35.5. The molecule has 0 atom stereocenters. The molecule has 3 nitrogen and oxygen atoms in total. The van der Waals surface area contributed by atoms with Crippen LogP contribution < -0.4 is 11.1 Å². The van der Waals surface area contributed by atoms with Gasteiger partial charge in [0.15, 0.2) is 0 Å². The standard InChI is InChI=1S/C9H11ClN2O/c1-5-7(10)4-3-6(8(5)11)9(13)12-2/h3-4H,11H2,1-2H3,(H,12,13)/i2D3. The third kappa shape index (κ3) is 1.75. The second-order valence-corrected chi connectivity index (χ2v) is 2.99. The Morgan fingerprint density at radius 3 is 3.00 bits per heavy atom. The summed E-state index contributed by atoms with van der Waals surface area (Å²) in [5, 5.41) is 2.29. The molecule has 1 rings (SSSR count). The molecule has 0 aliphatic carbocycles. The molecule has 70 valence electrons. The van der Waals surface area contributed by atoms with E-state index in [2.05, 4.69) is 0 Å². The summed E-state index contributed by atoms with van der Waals surface area (Å²) in [7, 11) is 0. The summed E-state index contributed by atoms with van der Waals surface area (Å²) in [5.41, 5.74) is 6.53. The van der Waals surface area contributed by atoms with Crippen LogP contribution in [0.1, 0.15) is 20.0 Å². The molecule has 0 fully saturated rings. The number of carbonyl (C=O) groups is 1. The zero-order valence-electron chi connectivity index (χ0n) is 10.0. The van der Waals surface area contributed by atoms with Crippen LogP contribution in [-0.2, 0) is 0 Å². The fourth-order valence-electron chi connectivity index (χ4n) is 0.967. The fraction of sp³-hybridized carbons (Fsp3) is 0.222. The van der Waals surface area contributed by atoms with Crippen LogP contribution in [0.2, 0.25) is 5.02 Å². The van der Waals surface area contributed by atoms with E-state index < -0.39 is 12.9 Å². The summed E-state index contributed by atoms with van der Waals surface area (Å²) < 4.78 is 20.7. The lowest BCUT2D eigenvalue weighted by molar-refractivity contribution is 0.0964. The molecular weight excluding hydrogens is 188 g/mol. The Bertz CT molecular complexity index is 431. The topological polar surface area (TPSA) is 55.1 Å². The highest BCUT2D eigenvalue weighted by Crippen LogP contribution is 2.24. The Labute approximate surface area is 86.1 Å². The summed E-state index contributed by atoms with van der Waals surface area (Å²) in [6.45, 7) is -0.874. The zero-order valence-corrected chi connectivity index (χ0v) is 7.77. The van der Waals surface area contributed by atoms with Gasteiger partial charge >= 0.3 is 0 Å². The molecule has 1 aromatic carbocycles. The van der Waals surface area contributed by atoms with Crippen molar-refractivity contribution < 1.29 is 8.91 Å². The number of hydrogen-bond acceptors (Lipinski definition) is 2. The van der Waals surface area contributed by atoms with Crippen LogP contribution in [0.4, 0.5) is 5.69 Å². The number of hydrogen-bond donors (Lipinski definition) is 2. The monoisotopic (exact) mass is 201 g/mol. The predicted octanol–water partition coefficient (Wildman–Crippen LogP) is 1.59. The second kappa shape index (κ2) is 3.66. The molecule has 13 heavy (non-hydrogen) atoms. The van der Waals surface area contributed by atoms with Crippen molar-refractivity contribution in [3.8, 4) is 0 Å². The minimum Gasteiger partial charge on any atom is -0.398 e. The lowest BCUT2D eigenvalue weighted by atomic mass is 10.1. The summed E-state index contributed by atoms with van der Waals surface area (Å²) in [6, 6.07) is 2.90. The van der Waals surface area contributed by atoms with Crippen molar-refractivity contribution in [2.45, 2.75) is 6.92 Å². The highest BCUT2D eigenvalue weighted by Gasteiger charge is 2.10. The van der Waals surface area contributed by atoms with Gasteiger partial charge in [-0.1, -0.05) is 11.6 Å². The Hall–Kier alpha value is -1.22. The first-order valence-corrected chi connectivity index (χ1v) is 3.97. The largest absolute Gasteiger partial charge is 0.398 e. The summed E-state index contributed by atoms with van der Waals surface area (Å²) in [6.07, 6.45) is 0. The molecule has 0 radical (unpaired) electrons. The van der Waals surface area contributed by atoms with Crippen LogP contribution in [0.15, 0.2) is 12.1 Å². The van der Waals surface area contributed by atoms with Gasteiger partial charge in [-0.2, -0.15) is 0 Å². The van der Waals surface area contributed by atoms with Crippen molar-refractivity contribution >= 4 is 23.2 Å². The first-order valence-electron chi connectivity index (χ1n) is 5.09. The van der Waals surface area contributed by atoms with Crippen molar-refractivity contribution in [3.05, 3.63) is 28.3 Å². The van der Waals surface area contributed by atoms with Gasteiger partial charge in [0.25, 0.3) is 5.91 Å². The van der Waals surface area contributed by atoms with Gasteiger partial charge in [-0.3, -0.25) is 4.79 Å². The van der Waals surface area contributed by atoms with E-state index in [1.807, 2.05) is 5.32 Å². The predicted molar refractivity (Wildman–Crippen MR) is 54.0 cm³/mol. The third-order valence-electron chi connectivity index (χ3n) is 1.81. The maximum absolute atomic E-state index is 11.6. The van der Waals surface area contributed by atoms with Crippen molar-refractivity contribution in [1.82, 2.24) is 5.32 Å². The molecule has 0 aliphatic heterocycles. The van der Waals surface area contributed by atoms with E-state index in [1.165, 1.54) is 12.1 Å². The van der Waals surface area contributed by atoms with Gasteiger partial charge in [-0.25, -0.2) is 0 Å². The Balaban J connectivity index is 3.06. The fourth-order valence-corrected chi connectivity index (χ4v) is 1.13. The summed E-state index contributed by atoms with van der Waals surface area (Å²) in [5.74, 6) is -0.739. The molecule has 0 bridgehead atoms. The maximum atomic E-state index is 11.6. The molecule has 0 saturated heterocycles. The first kappa shape index (κ1) is 6.27. The molecule has 1 amide bonds. The van der Waals surface area contributed by atoms with Crippen molar-refractivity contribution in [2.24, 2.45) is 0 Å². The van der Waals surface area contributed by atoms with Crippen LogP contribution in [-0.4, -0.2) is 12.9 Å². The minimum absolute atomic E-state index is 0.109. The van der Waals surface area contributed by atoms with Crippen LogP contribution in [0.3, 0.4) is 0 Å². The number of nitrogen functional groups attached to an aromatic ring is 1. The van der Waals surface area contributed by atoms with Crippen molar-refractivity contribution in [2.75, 3.05) is 12.7 Å². The minimum atomic E-state index is -2.53. The molecule has 4 heteroatoms. The SMILES string of the molecule is [2H]C([2H])([2H])NC(=O)c1ccc(Cl)c(C)c1N. The van der Waals surface area contributed by atoms with Crippen LogP contribution in [0, 0.1) is 6.92 Å². The molecule has 0 saturated carbocycles. The second-order valence-electron chi connectivity index (χ2n) is 2.59. The van der Waals surface area contributed by atoms with Gasteiger partial charge in [0.2, 0.25) is 0 Å². The van der Waals surface area contributed by atoms with E-state index in [9.17, 15) is 4.79 Å². The van der Waals surface area contributed by atoms with Crippen LogP contribution in [0.5, 0.6) is 0 Å². The van der Waals surface area contributed by atoms with Gasteiger partial charge in [0, 0.05) is 21.8 Å². The van der Waals surface area contributed by atoms with Crippen molar-refractivity contribution in [3.63, 3.8) is 0 Å². The lowest BCUT2D eigenvalue weighted by Gasteiger charge is -2.07. The number of anilines is 1. The number of halogens is 1. The quantitative estimate of drug-likeness (QED) is 0.678. The molecule has 0 unspecified atom stereocenters. The number of nitrogens with two attached hydrogens (primary N) is 1. The lowest BCUT2D eigenvalue weighted by Crippen LogP contribution is -2.19. The van der Waals surface area contributed by atoms with E-state index in [-0.39, 0.29) is 11.3 Å². The van der Waals surface area contributed by atoms with Gasteiger partial charge in [0.1, 0.15) is 0 Å². The number of rotatable bonds is 1. The van der Waals surface area contributed by atoms with E-state index in [1.54, 1.807) is 6.92 Å². The number of benzene rings is 1. The highest BCUT2D eigenvalue weighted by molar-refractivity contribution is 6.32. The van der Waals surface area contributed by atoms with Gasteiger partial charge in [0.05, 0.1) is 5.56 Å². The van der Waals surface area contributed by atoms with Crippen molar-refractivity contribution in [1.29, 1.82) is 0 Å². The smallest absolute Gasteiger partial charge is 0.253 e. The molecule has 3 N–H and O–H groups in total. The van der Waals surface area contributed by atoms with Crippen LogP contribution >= 0.6 is 11.6 Å². The molecule has 0 aliphatic rings. The van der Waals surface area contributed by atoms with Gasteiger partial charge < -0.3 is 11.1 Å². The Kier molecular flexibility index (Phi) is 1.77. The third-order valence-corrected chi connectivity index (χ3v) is 2.22. The molecule has 0 aromatic heterocycles. The molecule has 0 heterocycles. The van der Waals surface area contributed by atoms with E-state index in [0.29, 0.717) is 10.6 Å². The van der Waals surface area contributed by atoms with E-state index in [0.717, 1.165) is 0 Å². The number of carbonyl (C=O) groups excluding carboxylic acids is 1. The van der Waals surface area contributed by atoms with Gasteiger partial charge in [-0.15, -0.1) is 0 Å². The molecule has 1 aromatic rings. The van der Waals surface area contributed by atoms with Crippen LogP contribution in [0.25, 0.3) is 0 Å². The van der Waals surface area contributed by atoms with E-state index in [4.69, 9.17) is 21.4 Å². The Morgan fingerprint density at radius 2 is 2.38 bits per heavy atom. The van der Waals surface area contributed by atoms with Gasteiger partial charge in [-0.05, 0) is 24.6 Å². The maximum Gasteiger partial charge on any atom is 0.253 e.